The molecular weight excluding hydrogens is 218 g/mol. The molecule has 0 aliphatic carbocycles. The Morgan fingerprint density at radius 1 is 1.35 bits per heavy atom. The first-order valence-electron chi connectivity index (χ1n) is 6.07. The third-order valence-corrected chi connectivity index (χ3v) is 2.10. The Bertz CT molecular complexity index is 318. The molecule has 1 heterocycles. The fraction of sp³-hybridized carbons (Fsp3) is 0.667. The third-order valence-electron chi connectivity index (χ3n) is 2.10. The molecule has 0 saturated carbocycles. The largest absolute Gasteiger partial charge is 0.475 e. The van der Waals surface area contributed by atoms with Gasteiger partial charge in [0.25, 0.3) is 0 Å². The molecule has 0 saturated heterocycles. The van der Waals surface area contributed by atoms with Crippen molar-refractivity contribution in [3.63, 3.8) is 0 Å². The monoisotopic (exact) mass is 239 g/mol. The minimum absolute atomic E-state index is 0.113. The first-order valence-corrected chi connectivity index (χ1v) is 6.07. The highest BCUT2D eigenvalue weighted by Gasteiger charge is 2.01. The molecule has 1 aromatic rings. The third kappa shape index (κ3) is 6.06. The lowest BCUT2D eigenvalue weighted by molar-refractivity contribution is 0.232. The summed E-state index contributed by atoms with van der Waals surface area (Å²) in [4.78, 5) is 8.35. The number of aromatic nitrogens is 2. The first-order chi connectivity index (χ1) is 8.22. The van der Waals surface area contributed by atoms with Gasteiger partial charge in [-0.1, -0.05) is 0 Å². The summed E-state index contributed by atoms with van der Waals surface area (Å²) in [5.74, 6) is 1.18. The lowest BCUT2D eigenvalue weighted by Crippen LogP contribution is -2.10. The van der Waals surface area contributed by atoms with E-state index in [2.05, 4.69) is 15.3 Å². The molecule has 1 aromatic heterocycles. The number of nitrogens with zero attached hydrogens (tertiary/aromatic N) is 2. The van der Waals surface area contributed by atoms with Crippen LogP contribution in [0.1, 0.15) is 33.1 Å². The van der Waals surface area contributed by atoms with Crippen molar-refractivity contribution in [1.82, 2.24) is 9.97 Å². The maximum atomic E-state index is 8.64. The van der Waals surface area contributed by atoms with Gasteiger partial charge in [0.15, 0.2) is 0 Å². The Hall–Kier alpha value is -1.36. The molecule has 5 nitrogen and oxygen atoms in total. The fourth-order valence-corrected chi connectivity index (χ4v) is 1.35. The molecule has 1 rings (SSSR count). The van der Waals surface area contributed by atoms with Gasteiger partial charge in [-0.05, 0) is 33.1 Å². The summed E-state index contributed by atoms with van der Waals surface area (Å²) in [6, 6.07) is 1.75. The quantitative estimate of drug-likeness (QED) is 0.677. The molecule has 0 aliphatic heterocycles. The van der Waals surface area contributed by atoms with Crippen LogP contribution in [-0.4, -0.2) is 34.3 Å². The topological polar surface area (TPSA) is 67.3 Å². The van der Waals surface area contributed by atoms with E-state index in [4.69, 9.17) is 9.84 Å². The van der Waals surface area contributed by atoms with Gasteiger partial charge in [0, 0.05) is 25.4 Å². The Labute approximate surface area is 102 Å². The van der Waals surface area contributed by atoms with E-state index in [0.29, 0.717) is 11.8 Å². The van der Waals surface area contributed by atoms with Gasteiger partial charge in [0.2, 0.25) is 11.8 Å². The van der Waals surface area contributed by atoms with Gasteiger partial charge < -0.3 is 15.2 Å². The van der Waals surface area contributed by atoms with Gasteiger partial charge in [-0.25, -0.2) is 4.98 Å². The zero-order chi connectivity index (χ0) is 12.5. The van der Waals surface area contributed by atoms with E-state index in [0.717, 1.165) is 25.8 Å². The van der Waals surface area contributed by atoms with Crippen LogP contribution < -0.4 is 10.1 Å². The number of nitrogens with one attached hydrogen (secondary N) is 1. The van der Waals surface area contributed by atoms with Gasteiger partial charge in [0.1, 0.15) is 0 Å². The maximum Gasteiger partial charge on any atom is 0.225 e. The number of aliphatic hydroxyl groups is 1. The molecule has 96 valence electrons. The van der Waals surface area contributed by atoms with E-state index >= 15 is 0 Å². The molecule has 2 N–H and O–H groups in total. The van der Waals surface area contributed by atoms with E-state index in [1.165, 1.54) is 0 Å². The smallest absolute Gasteiger partial charge is 0.225 e. The second kappa shape index (κ2) is 7.84. The summed E-state index contributed by atoms with van der Waals surface area (Å²) in [5, 5.41) is 11.8. The molecule has 17 heavy (non-hydrogen) atoms. The van der Waals surface area contributed by atoms with Crippen molar-refractivity contribution in [3.8, 4) is 5.88 Å². The van der Waals surface area contributed by atoms with Crippen molar-refractivity contribution in [2.24, 2.45) is 0 Å². The van der Waals surface area contributed by atoms with Crippen molar-refractivity contribution < 1.29 is 9.84 Å². The van der Waals surface area contributed by atoms with Crippen molar-refractivity contribution >= 4 is 5.95 Å². The number of aliphatic hydroxyl groups excluding tert-OH is 1. The maximum absolute atomic E-state index is 8.64. The van der Waals surface area contributed by atoms with Crippen LogP contribution in [0.4, 0.5) is 5.95 Å². The molecule has 5 heteroatoms. The van der Waals surface area contributed by atoms with Crippen LogP contribution in [0.25, 0.3) is 0 Å². The van der Waals surface area contributed by atoms with Crippen molar-refractivity contribution in [3.05, 3.63) is 12.3 Å². The predicted octanol–water partition coefficient (Wildman–Crippen LogP) is 1.84. The van der Waals surface area contributed by atoms with Gasteiger partial charge in [-0.2, -0.15) is 4.98 Å². The van der Waals surface area contributed by atoms with Crippen LogP contribution in [0.5, 0.6) is 5.88 Å². The molecule has 0 aliphatic rings. The normalized spacial score (nSPS) is 10.6. The molecule has 0 fully saturated rings. The number of ether oxygens (including phenoxy) is 1. The van der Waals surface area contributed by atoms with Crippen LogP contribution in [0.2, 0.25) is 0 Å². The van der Waals surface area contributed by atoms with E-state index < -0.39 is 0 Å². The number of hydrogen-bond donors (Lipinski definition) is 2. The van der Waals surface area contributed by atoms with Crippen LogP contribution >= 0.6 is 0 Å². The SMILES string of the molecule is CC(C)Oc1ccnc(NCCCCCO)n1. The summed E-state index contributed by atoms with van der Waals surface area (Å²) < 4.78 is 5.48. The standard InChI is InChI=1S/C12H21N3O2/c1-10(2)17-11-6-8-14-12(15-11)13-7-4-3-5-9-16/h6,8,10,16H,3-5,7,9H2,1-2H3,(H,13,14,15). The fourth-order valence-electron chi connectivity index (χ4n) is 1.35. The van der Waals surface area contributed by atoms with Crippen LogP contribution in [0.3, 0.4) is 0 Å². The second-order valence-corrected chi connectivity index (χ2v) is 4.10. The minimum atomic E-state index is 0.113. The highest BCUT2D eigenvalue weighted by molar-refractivity contribution is 5.27. The Morgan fingerprint density at radius 2 is 2.18 bits per heavy atom. The summed E-state index contributed by atoms with van der Waals surface area (Å²) in [6.45, 7) is 4.99. The van der Waals surface area contributed by atoms with E-state index in [-0.39, 0.29) is 12.7 Å². The zero-order valence-corrected chi connectivity index (χ0v) is 10.5. The van der Waals surface area contributed by atoms with Crippen molar-refractivity contribution in [1.29, 1.82) is 0 Å². The Morgan fingerprint density at radius 3 is 2.88 bits per heavy atom. The van der Waals surface area contributed by atoms with Crippen molar-refractivity contribution in [2.75, 3.05) is 18.5 Å². The summed E-state index contributed by atoms with van der Waals surface area (Å²) in [5.41, 5.74) is 0. The number of unbranched alkanes of at least 4 members (excludes halogenated alkanes) is 2. The van der Waals surface area contributed by atoms with E-state index in [9.17, 15) is 0 Å². The molecule has 0 spiro atoms. The Kier molecular flexibility index (Phi) is 6.32. The van der Waals surface area contributed by atoms with Gasteiger partial charge in [-0.3, -0.25) is 0 Å². The molecular formula is C12H21N3O2. The molecule has 0 bridgehead atoms. The van der Waals surface area contributed by atoms with Gasteiger partial charge in [0.05, 0.1) is 6.10 Å². The average molecular weight is 239 g/mol. The number of anilines is 1. The van der Waals surface area contributed by atoms with E-state index in [1.807, 2.05) is 13.8 Å². The van der Waals surface area contributed by atoms with Crippen LogP contribution in [0.15, 0.2) is 12.3 Å². The van der Waals surface area contributed by atoms with Crippen LogP contribution in [0, 0.1) is 0 Å². The minimum Gasteiger partial charge on any atom is -0.475 e. The van der Waals surface area contributed by atoms with Gasteiger partial charge >= 0.3 is 0 Å². The lowest BCUT2D eigenvalue weighted by atomic mass is 10.2. The second-order valence-electron chi connectivity index (χ2n) is 4.10. The molecule has 0 aromatic carbocycles. The molecule has 0 atom stereocenters. The van der Waals surface area contributed by atoms with E-state index in [1.54, 1.807) is 12.3 Å². The molecule has 0 amide bonds. The summed E-state index contributed by atoms with van der Waals surface area (Å²) in [6.07, 6.45) is 4.65. The Balaban J connectivity index is 2.32. The number of rotatable bonds is 8. The van der Waals surface area contributed by atoms with Gasteiger partial charge in [-0.15, -0.1) is 0 Å². The number of hydrogen-bond acceptors (Lipinski definition) is 5. The molecule has 0 radical (unpaired) electrons. The van der Waals surface area contributed by atoms with Crippen molar-refractivity contribution in [2.45, 2.75) is 39.2 Å². The zero-order valence-electron chi connectivity index (χ0n) is 10.5. The highest BCUT2D eigenvalue weighted by atomic mass is 16.5. The summed E-state index contributed by atoms with van der Waals surface area (Å²) >= 11 is 0. The predicted molar refractivity (Wildman–Crippen MR) is 67.2 cm³/mol. The first kappa shape index (κ1) is 13.7. The van der Waals surface area contributed by atoms with Crippen LogP contribution in [-0.2, 0) is 0 Å². The average Bonchev–Trinajstić information content (AvgIpc) is 2.28. The summed E-state index contributed by atoms with van der Waals surface area (Å²) in [7, 11) is 0. The molecule has 0 unspecified atom stereocenters. The lowest BCUT2D eigenvalue weighted by Gasteiger charge is -2.09. The highest BCUT2D eigenvalue weighted by Crippen LogP contribution is 2.10.